The minimum atomic E-state index is -0.0702. The molecule has 1 aliphatic heterocycles. The second kappa shape index (κ2) is 5.19. The second-order valence-corrected chi connectivity index (χ2v) is 5.51. The molecule has 0 spiro atoms. The molecule has 0 saturated carbocycles. The van der Waals surface area contributed by atoms with E-state index in [1.54, 1.807) is 11.3 Å². The van der Waals surface area contributed by atoms with Crippen LogP contribution in [-0.2, 0) is 4.79 Å². The van der Waals surface area contributed by atoms with Crippen molar-refractivity contribution in [2.24, 2.45) is 0 Å². The van der Waals surface area contributed by atoms with Crippen LogP contribution < -0.4 is 5.32 Å². The van der Waals surface area contributed by atoms with Gasteiger partial charge in [-0.15, -0.1) is 0 Å². The van der Waals surface area contributed by atoms with Gasteiger partial charge >= 0.3 is 0 Å². The summed E-state index contributed by atoms with van der Waals surface area (Å²) in [5.74, 6) is 0.224. The molecule has 0 bridgehead atoms. The molecule has 3 unspecified atom stereocenters. The van der Waals surface area contributed by atoms with Gasteiger partial charge in [0.25, 0.3) is 0 Å². The van der Waals surface area contributed by atoms with Gasteiger partial charge in [-0.3, -0.25) is 10.1 Å². The van der Waals surface area contributed by atoms with Crippen molar-refractivity contribution in [2.75, 3.05) is 0 Å². The molecule has 94 valence electrons. The lowest BCUT2D eigenvalue weighted by Crippen LogP contribution is -2.38. The molecule has 1 aromatic rings. The van der Waals surface area contributed by atoms with Gasteiger partial charge in [-0.2, -0.15) is 11.3 Å². The Balaban J connectivity index is 2.22. The van der Waals surface area contributed by atoms with Crippen molar-refractivity contribution >= 4 is 17.2 Å². The van der Waals surface area contributed by atoms with E-state index in [9.17, 15) is 4.79 Å². The third-order valence-corrected chi connectivity index (χ3v) is 4.05. The third-order valence-electron chi connectivity index (χ3n) is 3.35. The fourth-order valence-electron chi connectivity index (χ4n) is 2.46. The molecule has 1 aromatic heterocycles. The van der Waals surface area contributed by atoms with E-state index in [1.165, 1.54) is 5.56 Å². The Bertz CT molecular complexity index is 377. The lowest BCUT2D eigenvalue weighted by atomic mass is 10.1. The van der Waals surface area contributed by atoms with Gasteiger partial charge in [0.1, 0.15) is 6.17 Å². The molecule has 1 fully saturated rings. The van der Waals surface area contributed by atoms with E-state index in [2.05, 4.69) is 36.0 Å². The summed E-state index contributed by atoms with van der Waals surface area (Å²) in [5, 5.41) is 7.56. The molecular weight excluding hydrogens is 232 g/mol. The quantitative estimate of drug-likeness (QED) is 0.893. The van der Waals surface area contributed by atoms with E-state index in [0.717, 1.165) is 12.8 Å². The fraction of sp³-hybridized carbons (Fsp3) is 0.615. The van der Waals surface area contributed by atoms with Crippen LogP contribution in [0.15, 0.2) is 16.8 Å². The molecular formula is C13H20N2OS. The molecule has 17 heavy (non-hydrogen) atoms. The van der Waals surface area contributed by atoms with Gasteiger partial charge in [-0.25, -0.2) is 0 Å². The molecule has 1 amide bonds. The predicted molar refractivity (Wildman–Crippen MR) is 70.9 cm³/mol. The third kappa shape index (κ3) is 2.38. The molecule has 1 aliphatic rings. The predicted octanol–water partition coefficient (Wildman–Crippen LogP) is 2.76. The van der Waals surface area contributed by atoms with Crippen LogP contribution in [0.4, 0.5) is 0 Å². The Hall–Kier alpha value is -0.870. The molecule has 3 nitrogen and oxygen atoms in total. The normalized spacial score (nSPS) is 26.5. The van der Waals surface area contributed by atoms with Crippen molar-refractivity contribution in [3.05, 3.63) is 22.4 Å². The Kier molecular flexibility index (Phi) is 3.84. The van der Waals surface area contributed by atoms with E-state index >= 15 is 0 Å². The Morgan fingerprint density at radius 2 is 2.35 bits per heavy atom. The van der Waals surface area contributed by atoms with Gasteiger partial charge in [0.05, 0.1) is 6.04 Å². The van der Waals surface area contributed by atoms with Gasteiger partial charge in [0.15, 0.2) is 0 Å². The maximum Gasteiger partial charge on any atom is 0.241 e. The number of amides is 1. The van der Waals surface area contributed by atoms with Crippen LogP contribution in [0.25, 0.3) is 0 Å². The summed E-state index contributed by atoms with van der Waals surface area (Å²) in [7, 11) is 0. The van der Waals surface area contributed by atoms with Gasteiger partial charge in [0, 0.05) is 6.04 Å². The van der Waals surface area contributed by atoms with E-state index < -0.39 is 0 Å². The number of hydrogen-bond donors (Lipinski definition) is 1. The van der Waals surface area contributed by atoms with Crippen molar-refractivity contribution in [3.63, 3.8) is 0 Å². The topological polar surface area (TPSA) is 32.3 Å². The average Bonchev–Trinajstić information content (AvgIpc) is 2.88. The zero-order chi connectivity index (χ0) is 12.4. The van der Waals surface area contributed by atoms with E-state index in [4.69, 9.17) is 0 Å². The van der Waals surface area contributed by atoms with Crippen LogP contribution in [-0.4, -0.2) is 22.9 Å². The van der Waals surface area contributed by atoms with Crippen molar-refractivity contribution < 1.29 is 4.79 Å². The summed E-state index contributed by atoms with van der Waals surface area (Å²) in [5.41, 5.74) is 1.20. The van der Waals surface area contributed by atoms with Crippen molar-refractivity contribution in [2.45, 2.75) is 51.9 Å². The smallest absolute Gasteiger partial charge is 0.241 e. The van der Waals surface area contributed by atoms with Crippen LogP contribution in [0.2, 0.25) is 0 Å². The van der Waals surface area contributed by atoms with Crippen LogP contribution >= 0.6 is 11.3 Å². The molecule has 1 saturated heterocycles. The lowest BCUT2D eigenvalue weighted by molar-refractivity contribution is -0.131. The molecule has 0 aromatic carbocycles. The zero-order valence-electron chi connectivity index (χ0n) is 10.6. The zero-order valence-corrected chi connectivity index (χ0v) is 11.5. The molecule has 2 heterocycles. The highest BCUT2D eigenvalue weighted by Crippen LogP contribution is 2.29. The van der Waals surface area contributed by atoms with Gasteiger partial charge < -0.3 is 4.90 Å². The first kappa shape index (κ1) is 12.6. The first-order valence-electron chi connectivity index (χ1n) is 6.25. The van der Waals surface area contributed by atoms with Crippen LogP contribution in [0.5, 0.6) is 0 Å². The Labute approximate surface area is 107 Å². The SMILES string of the molecule is CCCC(C)N1C(=O)C(C)NC1c1ccsc1. The largest absolute Gasteiger partial charge is 0.319 e. The maximum absolute atomic E-state index is 12.2. The van der Waals surface area contributed by atoms with E-state index in [0.29, 0.717) is 6.04 Å². The summed E-state index contributed by atoms with van der Waals surface area (Å²) in [6.07, 6.45) is 2.22. The number of rotatable bonds is 4. The fourth-order valence-corrected chi connectivity index (χ4v) is 3.13. The summed E-state index contributed by atoms with van der Waals surface area (Å²) in [6, 6.07) is 2.33. The highest BCUT2D eigenvalue weighted by atomic mass is 32.1. The summed E-state index contributed by atoms with van der Waals surface area (Å²) >= 11 is 1.68. The minimum absolute atomic E-state index is 0.0605. The van der Waals surface area contributed by atoms with E-state index in [1.807, 2.05) is 11.8 Å². The van der Waals surface area contributed by atoms with Crippen LogP contribution in [0.3, 0.4) is 0 Å². The van der Waals surface area contributed by atoms with Crippen molar-refractivity contribution in [3.8, 4) is 0 Å². The molecule has 0 radical (unpaired) electrons. The molecule has 2 rings (SSSR count). The highest BCUT2D eigenvalue weighted by Gasteiger charge is 2.39. The Morgan fingerprint density at radius 3 is 2.94 bits per heavy atom. The highest BCUT2D eigenvalue weighted by molar-refractivity contribution is 7.07. The number of nitrogens with zero attached hydrogens (tertiary/aromatic N) is 1. The van der Waals surface area contributed by atoms with Gasteiger partial charge in [-0.05, 0) is 42.7 Å². The Morgan fingerprint density at radius 1 is 1.59 bits per heavy atom. The number of thiophene rings is 1. The lowest BCUT2D eigenvalue weighted by Gasteiger charge is -2.30. The van der Waals surface area contributed by atoms with Gasteiger partial charge in [-0.1, -0.05) is 13.3 Å². The summed E-state index contributed by atoms with van der Waals surface area (Å²) < 4.78 is 0. The van der Waals surface area contributed by atoms with Crippen LogP contribution in [0, 0.1) is 0 Å². The number of carbonyl (C=O) groups is 1. The van der Waals surface area contributed by atoms with E-state index in [-0.39, 0.29) is 18.1 Å². The number of hydrogen-bond acceptors (Lipinski definition) is 3. The summed E-state index contributed by atoms with van der Waals surface area (Å²) in [6.45, 7) is 6.24. The molecule has 4 heteroatoms. The first-order chi connectivity index (χ1) is 8.15. The van der Waals surface area contributed by atoms with Gasteiger partial charge in [0.2, 0.25) is 5.91 Å². The molecule has 1 N–H and O–H groups in total. The van der Waals surface area contributed by atoms with Crippen LogP contribution in [0.1, 0.15) is 45.3 Å². The second-order valence-electron chi connectivity index (χ2n) is 4.73. The van der Waals surface area contributed by atoms with Crippen molar-refractivity contribution in [1.82, 2.24) is 10.2 Å². The molecule has 3 atom stereocenters. The first-order valence-corrected chi connectivity index (χ1v) is 7.19. The maximum atomic E-state index is 12.2. The number of nitrogens with one attached hydrogen (secondary N) is 1. The number of carbonyl (C=O) groups excluding carboxylic acids is 1. The summed E-state index contributed by atoms with van der Waals surface area (Å²) in [4.78, 5) is 14.2. The molecule has 0 aliphatic carbocycles. The monoisotopic (exact) mass is 252 g/mol. The average molecular weight is 252 g/mol. The minimum Gasteiger partial charge on any atom is -0.319 e. The standard InChI is InChI=1S/C13H20N2OS/c1-4-5-9(2)15-12(11-6-7-17-8-11)14-10(3)13(15)16/h6-10,12,14H,4-5H2,1-3H3. The van der Waals surface area contributed by atoms with Crippen molar-refractivity contribution in [1.29, 1.82) is 0 Å².